The van der Waals surface area contributed by atoms with E-state index in [4.69, 9.17) is 4.74 Å². The van der Waals surface area contributed by atoms with Gasteiger partial charge in [0.25, 0.3) is 0 Å². The third-order valence-electron chi connectivity index (χ3n) is 6.20. The Kier molecular flexibility index (Phi) is 4.77. The van der Waals surface area contributed by atoms with Gasteiger partial charge < -0.3 is 19.9 Å². The van der Waals surface area contributed by atoms with Gasteiger partial charge in [-0.05, 0) is 42.7 Å². The summed E-state index contributed by atoms with van der Waals surface area (Å²) in [6.07, 6.45) is 4.43. The molecule has 1 N–H and O–H groups in total. The van der Waals surface area contributed by atoms with E-state index in [1.165, 1.54) is 0 Å². The molecule has 156 valence electrons. The number of carbonyl (C=O) groups excluding carboxylic acids is 2. The van der Waals surface area contributed by atoms with Crippen LogP contribution < -0.4 is 15.0 Å². The van der Waals surface area contributed by atoms with Gasteiger partial charge in [-0.3, -0.25) is 9.59 Å². The van der Waals surface area contributed by atoms with Crippen molar-refractivity contribution in [2.24, 2.45) is 17.8 Å². The monoisotopic (exact) mass is 407 g/mol. The first-order valence-corrected chi connectivity index (χ1v) is 10.4. The zero-order valence-electron chi connectivity index (χ0n) is 16.9. The van der Waals surface area contributed by atoms with Gasteiger partial charge in [-0.15, -0.1) is 0 Å². The molecule has 3 aliphatic rings. The largest absolute Gasteiger partial charge is 0.487 e. The van der Waals surface area contributed by atoms with E-state index in [1.54, 1.807) is 12.4 Å². The molecular weight excluding hydrogens is 382 g/mol. The molecule has 8 heteroatoms. The van der Waals surface area contributed by atoms with Crippen molar-refractivity contribution in [1.29, 1.82) is 0 Å². The summed E-state index contributed by atoms with van der Waals surface area (Å²) in [6, 6.07) is 9.31. The maximum Gasteiger partial charge on any atom is 0.231 e. The highest BCUT2D eigenvalue weighted by molar-refractivity contribution is 5.94. The standard InChI is InChI=1S/C22H25N5O3/c1-14-8-20(14)22(29)27-12-19(13-27)30-18-4-2-16(3-5-18)25-21(28)15-10-26(11-15)17-6-7-23-24-9-17/h2-7,9,14-15,19-20H,8,10-13H2,1H3,(H,25,28). The highest BCUT2D eigenvalue weighted by Crippen LogP contribution is 2.40. The molecule has 2 amide bonds. The SMILES string of the molecule is CC1CC1C(=O)N1CC(Oc2ccc(NC(=O)C3CN(c4ccnnc4)C3)cc2)C1. The van der Waals surface area contributed by atoms with Crippen molar-refractivity contribution >= 4 is 23.2 Å². The Morgan fingerprint density at radius 2 is 1.80 bits per heavy atom. The molecule has 3 fully saturated rings. The van der Waals surface area contributed by atoms with Crippen molar-refractivity contribution < 1.29 is 14.3 Å². The highest BCUT2D eigenvalue weighted by Gasteiger charge is 2.45. The first kappa shape index (κ1) is 18.8. The topological polar surface area (TPSA) is 87.7 Å². The molecule has 5 rings (SSSR count). The smallest absolute Gasteiger partial charge is 0.231 e. The molecule has 2 aliphatic heterocycles. The second kappa shape index (κ2) is 7.59. The highest BCUT2D eigenvalue weighted by atomic mass is 16.5. The zero-order valence-corrected chi connectivity index (χ0v) is 16.9. The molecule has 3 heterocycles. The van der Waals surface area contributed by atoms with E-state index in [0.717, 1.165) is 23.5 Å². The first-order valence-electron chi connectivity index (χ1n) is 10.4. The van der Waals surface area contributed by atoms with Crippen LogP contribution in [0.15, 0.2) is 42.7 Å². The molecule has 2 saturated heterocycles. The Labute approximate surface area is 175 Å². The Morgan fingerprint density at radius 3 is 2.43 bits per heavy atom. The van der Waals surface area contributed by atoms with Crippen LogP contribution in [-0.4, -0.2) is 59.2 Å². The number of aromatic nitrogens is 2. The molecular formula is C22H25N5O3. The molecule has 2 aromatic rings. The summed E-state index contributed by atoms with van der Waals surface area (Å²) < 4.78 is 5.94. The summed E-state index contributed by atoms with van der Waals surface area (Å²) in [4.78, 5) is 28.6. The van der Waals surface area contributed by atoms with Crippen molar-refractivity contribution in [2.75, 3.05) is 36.4 Å². The lowest BCUT2D eigenvalue weighted by Gasteiger charge is -2.39. The van der Waals surface area contributed by atoms with Crippen LogP contribution in [0.4, 0.5) is 11.4 Å². The van der Waals surface area contributed by atoms with Crippen molar-refractivity contribution in [3.8, 4) is 5.75 Å². The fraction of sp³-hybridized carbons (Fsp3) is 0.455. The van der Waals surface area contributed by atoms with Crippen molar-refractivity contribution in [1.82, 2.24) is 15.1 Å². The van der Waals surface area contributed by atoms with E-state index in [2.05, 4.69) is 27.3 Å². The molecule has 1 saturated carbocycles. The molecule has 2 atom stereocenters. The minimum absolute atomic E-state index is 0.0179. The van der Waals surface area contributed by atoms with E-state index < -0.39 is 0 Å². The molecule has 1 aromatic carbocycles. The maximum atomic E-state index is 12.4. The second-order valence-electron chi connectivity index (χ2n) is 8.52. The number of hydrogen-bond acceptors (Lipinski definition) is 6. The average Bonchev–Trinajstić information content (AvgIpc) is 3.41. The molecule has 30 heavy (non-hydrogen) atoms. The number of hydrogen-bond donors (Lipinski definition) is 1. The summed E-state index contributed by atoms with van der Waals surface area (Å²) in [5.41, 5.74) is 1.74. The predicted octanol–water partition coefficient (Wildman–Crippen LogP) is 1.80. The van der Waals surface area contributed by atoms with E-state index in [9.17, 15) is 9.59 Å². The Hall–Kier alpha value is -3.16. The third-order valence-corrected chi connectivity index (χ3v) is 6.20. The number of ether oxygens (including phenoxy) is 1. The summed E-state index contributed by atoms with van der Waals surface area (Å²) in [7, 11) is 0. The number of likely N-dealkylation sites (tertiary alicyclic amines) is 1. The van der Waals surface area contributed by atoms with E-state index >= 15 is 0 Å². The first-order chi connectivity index (χ1) is 14.6. The normalized spacial score (nSPS) is 23.4. The van der Waals surface area contributed by atoms with Crippen molar-refractivity contribution in [3.05, 3.63) is 42.7 Å². The molecule has 2 unspecified atom stereocenters. The van der Waals surface area contributed by atoms with Gasteiger partial charge in [-0.1, -0.05) is 6.92 Å². The van der Waals surface area contributed by atoms with Crippen LogP contribution in [-0.2, 0) is 9.59 Å². The minimum atomic E-state index is -0.0400. The zero-order chi connectivity index (χ0) is 20.7. The lowest BCUT2D eigenvalue weighted by molar-refractivity contribution is -0.141. The second-order valence-corrected chi connectivity index (χ2v) is 8.52. The van der Waals surface area contributed by atoms with Gasteiger partial charge in [0.2, 0.25) is 11.8 Å². The van der Waals surface area contributed by atoms with Crippen molar-refractivity contribution in [2.45, 2.75) is 19.4 Å². The van der Waals surface area contributed by atoms with E-state index in [1.807, 2.05) is 35.2 Å². The lowest BCUT2D eigenvalue weighted by Crippen LogP contribution is -2.56. The van der Waals surface area contributed by atoms with Gasteiger partial charge in [-0.2, -0.15) is 10.2 Å². The number of nitrogens with zero attached hydrogens (tertiary/aromatic N) is 4. The molecule has 0 spiro atoms. The van der Waals surface area contributed by atoms with Crippen LogP contribution in [0, 0.1) is 17.8 Å². The molecule has 1 aliphatic carbocycles. The van der Waals surface area contributed by atoms with Gasteiger partial charge in [0.1, 0.15) is 11.9 Å². The van der Waals surface area contributed by atoms with Gasteiger partial charge in [-0.25, -0.2) is 0 Å². The number of benzene rings is 1. The van der Waals surface area contributed by atoms with Crippen LogP contribution in [0.3, 0.4) is 0 Å². The Balaban J connectivity index is 1.05. The van der Waals surface area contributed by atoms with Crippen molar-refractivity contribution in [3.63, 3.8) is 0 Å². The number of amides is 2. The fourth-order valence-corrected chi connectivity index (χ4v) is 3.97. The van der Waals surface area contributed by atoms with Gasteiger partial charge >= 0.3 is 0 Å². The van der Waals surface area contributed by atoms with Gasteiger partial charge in [0.05, 0.1) is 37.1 Å². The number of rotatable bonds is 6. The Bertz CT molecular complexity index is 924. The summed E-state index contributed by atoms with van der Waals surface area (Å²) in [5, 5.41) is 10.6. The lowest BCUT2D eigenvalue weighted by atomic mass is 9.98. The molecule has 1 aromatic heterocycles. The molecule has 8 nitrogen and oxygen atoms in total. The van der Waals surface area contributed by atoms with Gasteiger partial charge in [0.15, 0.2) is 0 Å². The Morgan fingerprint density at radius 1 is 1.07 bits per heavy atom. The molecule has 0 radical (unpaired) electrons. The van der Waals surface area contributed by atoms with E-state index in [0.29, 0.717) is 32.1 Å². The quantitative estimate of drug-likeness (QED) is 0.786. The number of nitrogens with one attached hydrogen (secondary N) is 1. The summed E-state index contributed by atoms with van der Waals surface area (Å²) in [6.45, 7) is 4.79. The maximum absolute atomic E-state index is 12.4. The number of anilines is 2. The van der Waals surface area contributed by atoms with Gasteiger partial charge in [0, 0.05) is 24.7 Å². The van der Waals surface area contributed by atoms with E-state index in [-0.39, 0.29) is 29.8 Å². The van der Waals surface area contributed by atoms with Crippen LogP contribution in [0.5, 0.6) is 5.75 Å². The average molecular weight is 407 g/mol. The summed E-state index contributed by atoms with van der Waals surface area (Å²) in [5.74, 6) is 1.78. The fourth-order valence-electron chi connectivity index (χ4n) is 3.97. The van der Waals surface area contributed by atoms with Crippen LogP contribution in [0.1, 0.15) is 13.3 Å². The van der Waals surface area contributed by atoms with Crippen LogP contribution in [0.25, 0.3) is 0 Å². The third kappa shape index (κ3) is 3.81. The predicted molar refractivity (Wildman–Crippen MR) is 111 cm³/mol. The molecule has 0 bridgehead atoms. The summed E-state index contributed by atoms with van der Waals surface area (Å²) >= 11 is 0. The van der Waals surface area contributed by atoms with Crippen LogP contribution in [0.2, 0.25) is 0 Å². The number of carbonyl (C=O) groups is 2. The minimum Gasteiger partial charge on any atom is -0.487 e. The van der Waals surface area contributed by atoms with Crippen LogP contribution >= 0.6 is 0 Å².